The maximum absolute atomic E-state index is 11.3. The molecular weight excluding hydrogens is 256 g/mol. The van der Waals surface area contributed by atoms with Crippen molar-refractivity contribution in [2.24, 2.45) is 7.05 Å². The van der Waals surface area contributed by atoms with E-state index in [2.05, 4.69) is 22.9 Å². The second kappa shape index (κ2) is 5.26. The van der Waals surface area contributed by atoms with E-state index in [1.807, 2.05) is 24.1 Å². The summed E-state index contributed by atoms with van der Waals surface area (Å²) >= 11 is 0. The molecule has 0 spiro atoms. The quantitative estimate of drug-likeness (QED) is 0.920. The zero-order valence-corrected chi connectivity index (χ0v) is 11.5. The number of fused-ring (bicyclic) bond motifs is 1. The van der Waals surface area contributed by atoms with Crippen LogP contribution in [0.4, 0.5) is 0 Å². The number of benzene rings is 1. The van der Waals surface area contributed by atoms with E-state index in [0.717, 1.165) is 5.56 Å². The minimum Gasteiger partial charge on any atom is -0.480 e. The van der Waals surface area contributed by atoms with Crippen molar-refractivity contribution >= 4 is 16.9 Å². The lowest BCUT2D eigenvalue weighted by atomic mass is 10.1. The van der Waals surface area contributed by atoms with E-state index in [0.29, 0.717) is 19.7 Å². The van der Waals surface area contributed by atoms with Gasteiger partial charge in [-0.05, 0) is 11.6 Å². The van der Waals surface area contributed by atoms with Crippen LogP contribution in [0.5, 0.6) is 0 Å². The number of aryl methyl sites for hydroxylation is 1. The van der Waals surface area contributed by atoms with Crippen LogP contribution in [0.1, 0.15) is 5.56 Å². The van der Waals surface area contributed by atoms with Gasteiger partial charge >= 0.3 is 5.97 Å². The molecule has 1 aliphatic heterocycles. The van der Waals surface area contributed by atoms with Gasteiger partial charge in [0.05, 0.1) is 13.2 Å². The Morgan fingerprint density at radius 2 is 2.25 bits per heavy atom. The Balaban J connectivity index is 1.90. The number of aliphatic carboxylic acids is 1. The van der Waals surface area contributed by atoms with Gasteiger partial charge < -0.3 is 14.4 Å². The van der Waals surface area contributed by atoms with Crippen molar-refractivity contribution in [1.29, 1.82) is 0 Å². The second-order valence-electron chi connectivity index (χ2n) is 5.18. The molecule has 1 aliphatic rings. The molecule has 1 fully saturated rings. The molecule has 1 saturated heterocycles. The van der Waals surface area contributed by atoms with Gasteiger partial charge in [0, 0.05) is 37.2 Å². The summed E-state index contributed by atoms with van der Waals surface area (Å²) in [6, 6.07) is 7.64. The Morgan fingerprint density at radius 1 is 1.45 bits per heavy atom. The molecule has 2 heterocycles. The molecule has 106 valence electrons. The molecule has 1 aromatic carbocycles. The summed E-state index contributed by atoms with van der Waals surface area (Å²) in [6.45, 7) is 2.15. The van der Waals surface area contributed by atoms with Crippen molar-refractivity contribution in [3.63, 3.8) is 0 Å². The fraction of sp³-hybridized carbons (Fsp3) is 0.400. The van der Waals surface area contributed by atoms with Crippen LogP contribution in [0.3, 0.4) is 0 Å². The van der Waals surface area contributed by atoms with E-state index in [1.54, 1.807) is 0 Å². The number of ether oxygens (including phenoxy) is 1. The summed E-state index contributed by atoms with van der Waals surface area (Å²) in [5.41, 5.74) is 2.33. The lowest BCUT2D eigenvalue weighted by Gasteiger charge is -2.32. The van der Waals surface area contributed by atoms with Crippen LogP contribution in [-0.2, 0) is 23.1 Å². The fourth-order valence-electron chi connectivity index (χ4n) is 2.83. The number of aromatic nitrogens is 1. The predicted octanol–water partition coefficient (Wildman–Crippen LogP) is 1.46. The third kappa shape index (κ3) is 2.30. The Bertz CT molecular complexity index is 635. The first-order valence-electron chi connectivity index (χ1n) is 6.74. The number of rotatable bonds is 3. The van der Waals surface area contributed by atoms with Crippen molar-refractivity contribution in [2.75, 3.05) is 19.8 Å². The first kappa shape index (κ1) is 13.1. The van der Waals surface area contributed by atoms with Gasteiger partial charge in [-0.2, -0.15) is 0 Å². The average Bonchev–Trinajstić information content (AvgIpc) is 2.76. The van der Waals surface area contributed by atoms with Crippen LogP contribution in [0.25, 0.3) is 10.9 Å². The Labute approximate surface area is 117 Å². The van der Waals surface area contributed by atoms with E-state index in [-0.39, 0.29) is 6.61 Å². The van der Waals surface area contributed by atoms with Crippen LogP contribution in [0, 0.1) is 0 Å². The molecule has 1 atom stereocenters. The zero-order chi connectivity index (χ0) is 14.1. The van der Waals surface area contributed by atoms with Crippen molar-refractivity contribution in [3.05, 3.63) is 36.0 Å². The van der Waals surface area contributed by atoms with Gasteiger partial charge in [-0.3, -0.25) is 9.69 Å². The topological polar surface area (TPSA) is 54.7 Å². The van der Waals surface area contributed by atoms with Crippen molar-refractivity contribution < 1.29 is 14.6 Å². The lowest BCUT2D eigenvalue weighted by molar-refractivity contribution is -0.150. The minimum absolute atomic E-state index is 0.264. The molecule has 20 heavy (non-hydrogen) atoms. The van der Waals surface area contributed by atoms with E-state index in [1.165, 1.54) is 10.9 Å². The largest absolute Gasteiger partial charge is 0.480 e. The number of morpholine rings is 1. The van der Waals surface area contributed by atoms with Crippen molar-refractivity contribution in [1.82, 2.24) is 9.47 Å². The van der Waals surface area contributed by atoms with Crippen LogP contribution in [0.15, 0.2) is 30.5 Å². The summed E-state index contributed by atoms with van der Waals surface area (Å²) in [4.78, 5) is 13.3. The average molecular weight is 274 g/mol. The summed E-state index contributed by atoms with van der Waals surface area (Å²) in [5, 5.41) is 10.5. The molecule has 0 amide bonds. The molecule has 1 aromatic heterocycles. The molecule has 2 aromatic rings. The number of para-hydroxylation sites is 1. The normalized spacial score (nSPS) is 20.4. The third-order valence-corrected chi connectivity index (χ3v) is 3.88. The number of carbonyl (C=O) groups is 1. The number of hydrogen-bond acceptors (Lipinski definition) is 3. The smallest absolute Gasteiger partial charge is 0.323 e. The number of carboxylic acids is 1. The second-order valence-corrected chi connectivity index (χ2v) is 5.18. The summed E-state index contributed by atoms with van der Waals surface area (Å²) in [6.07, 6.45) is 2.08. The van der Waals surface area contributed by atoms with E-state index < -0.39 is 12.0 Å². The molecular formula is C15H18N2O3. The predicted molar refractivity (Wildman–Crippen MR) is 75.6 cm³/mol. The summed E-state index contributed by atoms with van der Waals surface area (Å²) in [7, 11) is 2.01. The van der Waals surface area contributed by atoms with E-state index in [9.17, 15) is 9.90 Å². The highest BCUT2D eigenvalue weighted by atomic mass is 16.5. The standard InChI is InChI=1S/C15H18N2O3/c1-16-8-11(12-4-2-3-5-13(12)16)9-17-6-7-20-10-14(17)15(18)19/h2-5,8,14H,6-7,9-10H2,1H3,(H,18,19). The third-order valence-electron chi connectivity index (χ3n) is 3.88. The maximum Gasteiger partial charge on any atom is 0.323 e. The monoisotopic (exact) mass is 274 g/mol. The van der Waals surface area contributed by atoms with Crippen LogP contribution in [0.2, 0.25) is 0 Å². The van der Waals surface area contributed by atoms with Gasteiger partial charge in [0.25, 0.3) is 0 Å². The van der Waals surface area contributed by atoms with Crippen molar-refractivity contribution in [3.8, 4) is 0 Å². The van der Waals surface area contributed by atoms with Gasteiger partial charge in [0.1, 0.15) is 6.04 Å². The first-order valence-corrected chi connectivity index (χ1v) is 6.74. The Morgan fingerprint density at radius 3 is 3.05 bits per heavy atom. The van der Waals surface area contributed by atoms with Crippen LogP contribution < -0.4 is 0 Å². The van der Waals surface area contributed by atoms with Gasteiger partial charge in [-0.1, -0.05) is 18.2 Å². The highest BCUT2D eigenvalue weighted by molar-refractivity contribution is 5.84. The summed E-state index contributed by atoms with van der Waals surface area (Å²) in [5.74, 6) is -0.815. The number of nitrogens with zero attached hydrogens (tertiary/aromatic N) is 2. The molecule has 1 unspecified atom stereocenters. The minimum atomic E-state index is -0.815. The highest BCUT2D eigenvalue weighted by Crippen LogP contribution is 2.23. The van der Waals surface area contributed by atoms with Gasteiger partial charge in [-0.15, -0.1) is 0 Å². The Hall–Kier alpha value is -1.85. The first-order chi connectivity index (χ1) is 9.66. The SMILES string of the molecule is Cn1cc(CN2CCOCC2C(=O)O)c2ccccc21. The van der Waals surface area contributed by atoms with E-state index >= 15 is 0 Å². The Kier molecular flexibility index (Phi) is 3.46. The van der Waals surface area contributed by atoms with Gasteiger partial charge in [0.15, 0.2) is 0 Å². The number of hydrogen-bond donors (Lipinski definition) is 1. The molecule has 5 nitrogen and oxygen atoms in total. The van der Waals surface area contributed by atoms with Crippen molar-refractivity contribution in [2.45, 2.75) is 12.6 Å². The van der Waals surface area contributed by atoms with Crippen LogP contribution in [-0.4, -0.2) is 46.3 Å². The highest BCUT2D eigenvalue weighted by Gasteiger charge is 2.29. The maximum atomic E-state index is 11.3. The molecule has 0 bridgehead atoms. The molecule has 5 heteroatoms. The van der Waals surface area contributed by atoms with E-state index in [4.69, 9.17) is 4.74 Å². The molecule has 0 saturated carbocycles. The lowest BCUT2D eigenvalue weighted by Crippen LogP contribution is -2.49. The molecule has 3 rings (SSSR count). The van der Waals surface area contributed by atoms with Gasteiger partial charge in [0.2, 0.25) is 0 Å². The molecule has 0 aliphatic carbocycles. The fourth-order valence-corrected chi connectivity index (χ4v) is 2.83. The number of carboxylic acid groups (broad SMARTS) is 1. The van der Waals surface area contributed by atoms with Crippen LogP contribution >= 0.6 is 0 Å². The molecule has 1 N–H and O–H groups in total. The summed E-state index contributed by atoms with van der Waals surface area (Å²) < 4.78 is 7.36. The zero-order valence-electron chi connectivity index (χ0n) is 11.5. The van der Waals surface area contributed by atoms with Gasteiger partial charge in [-0.25, -0.2) is 0 Å². The molecule has 0 radical (unpaired) electrons.